The highest BCUT2D eigenvalue weighted by molar-refractivity contribution is 4.87. The molecule has 1 fully saturated rings. The van der Waals surface area contributed by atoms with Gasteiger partial charge in [0.2, 0.25) is 0 Å². The van der Waals surface area contributed by atoms with Crippen LogP contribution in [-0.2, 0) is 9.47 Å². The smallest absolute Gasteiger partial charge is 0.114 e. The molecule has 0 bridgehead atoms. The molecule has 1 saturated heterocycles. The lowest BCUT2D eigenvalue weighted by molar-refractivity contribution is -0.0811. The fraction of sp³-hybridized carbons (Fsp3) is 0.875. The van der Waals surface area contributed by atoms with Crippen LogP contribution in [0.15, 0.2) is 12.2 Å². The summed E-state index contributed by atoms with van der Waals surface area (Å²) in [6.45, 7) is 2.95. The molecule has 5 heteroatoms. The van der Waals surface area contributed by atoms with E-state index in [2.05, 4.69) is 19.1 Å². The van der Waals surface area contributed by atoms with Crippen molar-refractivity contribution in [3.63, 3.8) is 0 Å². The molecule has 1 aliphatic rings. The van der Waals surface area contributed by atoms with E-state index in [1.54, 1.807) is 0 Å². The number of rotatable bonds is 11. The average Bonchev–Trinajstić information content (AvgIpc) is 2.81. The van der Waals surface area contributed by atoms with E-state index in [0.29, 0.717) is 6.61 Å². The summed E-state index contributed by atoms with van der Waals surface area (Å²) >= 11 is 0. The van der Waals surface area contributed by atoms with Crippen LogP contribution in [0, 0.1) is 0 Å². The molecule has 0 aliphatic carbocycles. The van der Waals surface area contributed by atoms with Crippen LogP contribution in [0.5, 0.6) is 0 Å². The van der Waals surface area contributed by atoms with Crippen LogP contribution < -0.4 is 0 Å². The van der Waals surface area contributed by atoms with Crippen LogP contribution in [0.2, 0.25) is 0 Å². The topological polar surface area (TPSA) is 79.2 Å². The van der Waals surface area contributed by atoms with Crippen molar-refractivity contribution in [1.82, 2.24) is 0 Å². The molecule has 0 radical (unpaired) electrons. The van der Waals surface area contributed by atoms with Gasteiger partial charge in [0, 0.05) is 6.61 Å². The summed E-state index contributed by atoms with van der Waals surface area (Å²) in [5.41, 5.74) is 0. The molecule has 0 amide bonds. The maximum absolute atomic E-state index is 9.83. The Bertz CT molecular complexity index is 282. The Labute approximate surface area is 127 Å². The zero-order valence-corrected chi connectivity index (χ0v) is 13.0. The number of unbranched alkanes of at least 4 members (excludes halogenated alkanes) is 4. The molecule has 4 atom stereocenters. The Kier molecular flexibility index (Phi) is 9.87. The fourth-order valence-electron chi connectivity index (χ4n) is 2.31. The molecular weight excluding hydrogens is 272 g/mol. The summed E-state index contributed by atoms with van der Waals surface area (Å²) in [5, 5.41) is 28.7. The van der Waals surface area contributed by atoms with Gasteiger partial charge in [-0.25, -0.2) is 0 Å². The SMILES string of the molecule is CCCCC/C=C/CCCOC[C@H](O)[C@H]1OC[C@@H](O)[C@H]1O. The maximum Gasteiger partial charge on any atom is 0.114 e. The number of aliphatic hydroxyl groups excluding tert-OH is 3. The molecular formula is C16H30O5. The third-order valence-corrected chi connectivity index (χ3v) is 3.66. The Morgan fingerprint density at radius 1 is 1.19 bits per heavy atom. The third kappa shape index (κ3) is 7.38. The zero-order chi connectivity index (χ0) is 15.5. The van der Waals surface area contributed by atoms with E-state index in [9.17, 15) is 15.3 Å². The lowest BCUT2D eigenvalue weighted by Crippen LogP contribution is -2.40. The van der Waals surface area contributed by atoms with Crippen LogP contribution in [0.25, 0.3) is 0 Å². The van der Waals surface area contributed by atoms with Gasteiger partial charge in [-0.15, -0.1) is 0 Å². The molecule has 21 heavy (non-hydrogen) atoms. The van der Waals surface area contributed by atoms with E-state index in [-0.39, 0.29) is 13.2 Å². The van der Waals surface area contributed by atoms with Crippen molar-refractivity contribution in [3.8, 4) is 0 Å². The first-order valence-corrected chi connectivity index (χ1v) is 8.05. The minimum atomic E-state index is -1.03. The quantitative estimate of drug-likeness (QED) is 0.397. The second-order valence-corrected chi connectivity index (χ2v) is 5.61. The lowest BCUT2D eigenvalue weighted by atomic mass is 10.1. The number of aliphatic hydroxyl groups is 3. The van der Waals surface area contributed by atoms with Gasteiger partial charge in [-0.3, -0.25) is 0 Å². The van der Waals surface area contributed by atoms with Crippen molar-refractivity contribution in [1.29, 1.82) is 0 Å². The number of hydrogen-bond acceptors (Lipinski definition) is 5. The fourth-order valence-corrected chi connectivity index (χ4v) is 2.31. The molecule has 0 aromatic heterocycles. The van der Waals surface area contributed by atoms with Gasteiger partial charge in [0.05, 0.1) is 13.2 Å². The van der Waals surface area contributed by atoms with Crippen molar-refractivity contribution in [2.45, 2.75) is 69.9 Å². The number of ether oxygens (including phenoxy) is 2. The third-order valence-electron chi connectivity index (χ3n) is 3.66. The van der Waals surface area contributed by atoms with Gasteiger partial charge < -0.3 is 24.8 Å². The molecule has 0 spiro atoms. The minimum absolute atomic E-state index is 0.0612. The predicted octanol–water partition coefficient (Wildman–Crippen LogP) is 1.40. The first-order valence-electron chi connectivity index (χ1n) is 8.05. The van der Waals surface area contributed by atoms with Crippen molar-refractivity contribution in [2.75, 3.05) is 19.8 Å². The number of hydrogen-bond donors (Lipinski definition) is 3. The molecule has 5 nitrogen and oxygen atoms in total. The van der Waals surface area contributed by atoms with Crippen molar-refractivity contribution in [3.05, 3.63) is 12.2 Å². The van der Waals surface area contributed by atoms with Gasteiger partial charge in [-0.05, 0) is 25.7 Å². The summed E-state index contributed by atoms with van der Waals surface area (Å²) in [6, 6.07) is 0. The van der Waals surface area contributed by atoms with E-state index in [4.69, 9.17) is 9.47 Å². The summed E-state index contributed by atoms with van der Waals surface area (Å²) < 4.78 is 10.5. The normalized spacial score (nSPS) is 27.5. The summed E-state index contributed by atoms with van der Waals surface area (Å²) in [5.74, 6) is 0. The summed E-state index contributed by atoms with van der Waals surface area (Å²) in [4.78, 5) is 0. The van der Waals surface area contributed by atoms with Gasteiger partial charge in [-0.2, -0.15) is 0 Å². The largest absolute Gasteiger partial charge is 0.388 e. The first-order chi connectivity index (χ1) is 10.2. The number of allylic oxidation sites excluding steroid dienone is 2. The van der Waals surface area contributed by atoms with Crippen LogP contribution >= 0.6 is 0 Å². The molecule has 0 aromatic carbocycles. The second kappa shape index (κ2) is 11.2. The van der Waals surface area contributed by atoms with Gasteiger partial charge in [0.1, 0.15) is 24.4 Å². The zero-order valence-electron chi connectivity index (χ0n) is 13.0. The Hall–Kier alpha value is -0.460. The van der Waals surface area contributed by atoms with Gasteiger partial charge in [0.15, 0.2) is 0 Å². The van der Waals surface area contributed by atoms with Crippen molar-refractivity contribution in [2.24, 2.45) is 0 Å². The van der Waals surface area contributed by atoms with E-state index < -0.39 is 24.4 Å². The highest BCUT2D eigenvalue weighted by atomic mass is 16.5. The minimum Gasteiger partial charge on any atom is -0.388 e. The molecule has 1 rings (SSSR count). The molecule has 0 saturated carbocycles. The Morgan fingerprint density at radius 3 is 2.52 bits per heavy atom. The second-order valence-electron chi connectivity index (χ2n) is 5.61. The molecule has 1 heterocycles. The van der Waals surface area contributed by atoms with Gasteiger partial charge >= 0.3 is 0 Å². The summed E-state index contributed by atoms with van der Waals surface area (Å²) in [7, 11) is 0. The standard InChI is InChI=1S/C16H30O5/c1-2-3-4-5-6-7-8-9-10-20-11-14(18)16-15(19)13(17)12-21-16/h6-7,13-19H,2-5,8-12H2,1H3/b7-6+/t13-,14+,15-,16-/m1/s1. The molecule has 124 valence electrons. The predicted molar refractivity (Wildman–Crippen MR) is 81.1 cm³/mol. The Balaban J connectivity index is 1.96. The molecule has 0 unspecified atom stereocenters. The first kappa shape index (κ1) is 18.6. The molecule has 0 aromatic rings. The van der Waals surface area contributed by atoms with E-state index in [1.165, 1.54) is 19.3 Å². The Morgan fingerprint density at radius 2 is 1.90 bits per heavy atom. The van der Waals surface area contributed by atoms with Crippen LogP contribution in [0.3, 0.4) is 0 Å². The average molecular weight is 302 g/mol. The van der Waals surface area contributed by atoms with Gasteiger partial charge in [0.25, 0.3) is 0 Å². The molecule has 1 aliphatic heterocycles. The van der Waals surface area contributed by atoms with Crippen LogP contribution in [0.4, 0.5) is 0 Å². The highest BCUT2D eigenvalue weighted by Crippen LogP contribution is 2.17. The van der Waals surface area contributed by atoms with Crippen molar-refractivity contribution < 1.29 is 24.8 Å². The summed E-state index contributed by atoms with van der Waals surface area (Å²) in [6.07, 6.45) is 7.62. The van der Waals surface area contributed by atoms with E-state index >= 15 is 0 Å². The van der Waals surface area contributed by atoms with E-state index in [0.717, 1.165) is 19.3 Å². The van der Waals surface area contributed by atoms with E-state index in [1.807, 2.05) is 0 Å². The van der Waals surface area contributed by atoms with Crippen LogP contribution in [0.1, 0.15) is 45.4 Å². The molecule has 3 N–H and O–H groups in total. The monoisotopic (exact) mass is 302 g/mol. The van der Waals surface area contributed by atoms with Crippen LogP contribution in [-0.4, -0.2) is 59.6 Å². The maximum atomic E-state index is 9.83. The van der Waals surface area contributed by atoms with Crippen molar-refractivity contribution >= 4 is 0 Å². The van der Waals surface area contributed by atoms with Gasteiger partial charge in [-0.1, -0.05) is 31.9 Å². The highest BCUT2D eigenvalue weighted by Gasteiger charge is 2.39. The lowest BCUT2D eigenvalue weighted by Gasteiger charge is -2.20.